The van der Waals surface area contributed by atoms with Crippen LogP contribution in [0.1, 0.15) is 64.4 Å². The highest BCUT2D eigenvalue weighted by molar-refractivity contribution is 5.72. The topological polar surface area (TPSA) is 77.9 Å². The monoisotopic (exact) mass is 479 g/mol. The quantitative estimate of drug-likeness (QED) is 0.418. The van der Waals surface area contributed by atoms with Crippen molar-refractivity contribution >= 4 is 11.7 Å². The van der Waals surface area contributed by atoms with Gasteiger partial charge in [-0.25, -0.2) is 4.79 Å². The van der Waals surface area contributed by atoms with Gasteiger partial charge in [0, 0.05) is 18.3 Å². The SMILES string of the molecule is C[C@]12CC[C@H](C3OCC(OC(=O)O)CO3)CC1=CC[C@@H]1[C@@H]2CC[C@]2(C)C(c3cccnc3)=CC[C@@H]12. The van der Waals surface area contributed by atoms with Gasteiger partial charge in [-0.05, 0) is 90.7 Å². The van der Waals surface area contributed by atoms with Gasteiger partial charge in [-0.15, -0.1) is 0 Å². The summed E-state index contributed by atoms with van der Waals surface area (Å²) in [5.41, 5.74) is 4.95. The van der Waals surface area contributed by atoms with Crippen LogP contribution in [0.3, 0.4) is 0 Å². The first-order chi connectivity index (χ1) is 16.9. The highest BCUT2D eigenvalue weighted by Gasteiger charge is 2.57. The summed E-state index contributed by atoms with van der Waals surface area (Å²) >= 11 is 0. The van der Waals surface area contributed by atoms with Crippen LogP contribution < -0.4 is 0 Å². The number of hydrogen-bond donors (Lipinski definition) is 1. The summed E-state index contributed by atoms with van der Waals surface area (Å²) in [6.07, 6.45) is 15.1. The summed E-state index contributed by atoms with van der Waals surface area (Å²) in [7, 11) is 0. The number of ether oxygens (including phenoxy) is 3. The van der Waals surface area contributed by atoms with Crippen LogP contribution in [0.2, 0.25) is 0 Å². The molecule has 1 saturated heterocycles. The Morgan fingerprint density at radius 2 is 1.89 bits per heavy atom. The lowest BCUT2D eigenvalue weighted by molar-refractivity contribution is -0.242. The van der Waals surface area contributed by atoms with Gasteiger partial charge in [0.2, 0.25) is 0 Å². The molecule has 1 aliphatic heterocycles. The van der Waals surface area contributed by atoms with Crippen molar-refractivity contribution in [3.8, 4) is 0 Å². The molecular weight excluding hydrogens is 442 g/mol. The molecule has 3 fully saturated rings. The van der Waals surface area contributed by atoms with E-state index in [0.717, 1.165) is 24.7 Å². The zero-order valence-corrected chi connectivity index (χ0v) is 20.8. The molecule has 0 bridgehead atoms. The molecule has 0 aromatic carbocycles. The zero-order valence-electron chi connectivity index (χ0n) is 20.8. The molecule has 6 rings (SSSR count). The average Bonchev–Trinajstić information content (AvgIpc) is 3.21. The van der Waals surface area contributed by atoms with Gasteiger partial charge >= 0.3 is 6.16 Å². The number of hydrogen-bond acceptors (Lipinski definition) is 5. The predicted molar refractivity (Wildman–Crippen MR) is 131 cm³/mol. The van der Waals surface area contributed by atoms with E-state index in [1.54, 1.807) is 5.57 Å². The van der Waals surface area contributed by atoms with Crippen LogP contribution >= 0.6 is 0 Å². The number of fused-ring (bicyclic) bond motifs is 5. The molecule has 0 radical (unpaired) electrons. The standard InChI is InChI=1S/C29H37NO5/c1-28-11-9-18(26-33-16-21(17-34-26)35-27(31)32)14-20(28)5-6-22-24-8-7-23(19-4-3-13-30-15-19)29(24,2)12-10-25(22)28/h3-5,7,13,15,18,21-22,24-26H,6,8-12,14,16-17H2,1-2H3,(H,31,32)/t18-,21?,22-,24-,25-,26?,28-,29+/m0/s1. The lowest BCUT2D eigenvalue weighted by Gasteiger charge is -2.58. The fourth-order valence-electron chi connectivity index (χ4n) is 8.44. The van der Waals surface area contributed by atoms with Crippen molar-refractivity contribution in [1.29, 1.82) is 0 Å². The van der Waals surface area contributed by atoms with Crippen LogP contribution in [-0.4, -0.2) is 41.9 Å². The van der Waals surface area contributed by atoms with Crippen LogP contribution in [0.5, 0.6) is 0 Å². The molecule has 0 unspecified atom stereocenters. The first-order valence-electron chi connectivity index (χ1n) is 13.3. The molecule has 6 atom stereocenters. The summed E-state index contributed by atoms with van der Waals surface area (Å²) in [4.78, 5) is 15.2. The van der Waals surface area contributed by atoms with Crippen LogP contribution in [0.25, 0.3) is 5.57 Å². The molecule has 188 valence electrons. The Hall–Kier alpha value is -2.18. The second-order valence-electron chi connectivity index (χ2n) is 11.9. The largest absolute Gasteiger partial charge is 0.506 e. The Labute approximate surface area is 207 Å². The van der Waals surface area contributed by atoms with Crippen molar-refractivity contribution in [1.82, 2.24) is 4.98 Å². The summed E-state index contributed by atoms with van der Waals surface area (Å²) in [5.74, 6) is 2.51. The highest BCUT2D eigenvalue weighted by Crippen LogP contribution is 2.66. The van der Waals surface area contributed by atoms with Crippen molar-refractivity contribution in [2.45, 2.75) is 71.2 Å². The number of carbonyl (C=O) groups is 1. The molecule has 0 spiro atoms. The second kappa shape index (κ2) is 8.74. The smallest absolute Gasteiger partial charge is 0.450 e. The van der Waals surface area contributed by atoms with Crippen LogP contribution in [0.4, 0.5) is 4.79 Å². The minimum atomic E-state index is -1.27. The molecule has 1 N–H and O–H groups in total. The van der Waals surface area contributed by atoms with Gasteiger partial charge in [0.1, 0.15) is 0 Å². The molecule has 6 nitrogen and oxygen atoms in total. The van der Waals surface area contributed by atoms with Crippen molar-refractivity contribution in [3.05, 3.63) is 47.8 Å². The highest BCUT2D eigenvalue weighted by atomic mass is 16.7. The fourth-order valence-corrected chi connectivity index (χ4v) is 8.44. The number of rotatable bonds is 3. The van der Waals surface area contributed by atoms with Gasteiger partial charge < -0.3 is 19.3 Å². The Bertz CT molecular complexity index is 1030. The van der Waals surface area contributed by atoms with E-state index in [9.17, 15) is 4.79 Å². The van der Waals surface area contributed by atoms with E-state index in [1.165, 1.54) is 43.2 Å². The predicted octanol–water partition coefficient (Wildman–Crippen LogP) is 6.09. The first kappa shape index (κ1) is 23.2. The number of pyridine rings is 1. The maximum Gasteiger partial charge on any atom is 0.506 e. The molecule has 2 heterocycles. The Balaban J connectivity index is 1.16. The molecule has 6 heteroatoms. The molecule has 35 heavy (non-hydrogen) atoms. The number of aromatic nitrogens is 1. The van der Waals surface area contributed by atoms with Crippen molar-refractivity contribution in [3.63, 3.8) is 0 Å². The van der Waals surface area contributed by atoms with Gasteiger partial charge in [-0.1, -0.05) is 37.6 Å². The maximum absolute atomic E-state index is 10.8. The maximum atomic E-state index is 10.8. The van der Waals surface area contributed by atoms with E-state index in [4.69, 9.17) is 19.3 Å². The fraction of sp³-hybridized carbons (Fsp3) is 0.655. The summed E-state index contributed by atoms with van der Waals surface area (Å²) < 4.78 is 16.7. The summed E-state index contributed by atoms with van der Waals surface area (Å²) in [5, 5.41) is 8.83. The minimum Gasteiger partial charge on any atom is -0.450 e. The third kappa shape index (κ3) is 3.84. The average molecular weight is 480 g/mol. The first-order valence-corrected chi connectivity index (χ1v) is 13.3. The normalized spacial score (nSPS) is 42.7. The molecule has 0 amide bonds. The second-order valence-corrected chi connectivity index (χ2v) is 11.9. The van der Waals surface area contributed by atoms with E-state index in [-0.39, 0.29) is 30.3 Å². The van der Waals surface area contributed by atoms with Crippen molar-refractivity contribution < 1.29 is 24.1 Å². The number of carboxylic acid groups (broad SMARTS) is 1. The van der Waals surface area contributed by atoms with Crippen LogP contribution in [0, 0.1) is 34.5 Å². The number of allylic oxidation sites excluding steroid dienone is 4. The van der Waals surface area contributed by atoms with Crippen molar-refractivity contribution in [2.75, 3.05) is 13.2 Å². The summed E-state index contributed by atoms with van der Waals surface area (Å²) in [6.45, 7) is 5.59. The van der Waals surface area contributed by atoms with Gasteiger partial charge in [0.15, 0.2) is 12.4 Å². The zero-order chi connectivity index (χ0) is 24.2. The van der Waals surface area contributed by atoms with Gasteiger partial charge in [0.05, 0.1) is 13.2 Å². The minimum absolute atomic E-state index is 0.251. The van der Waals surface area contributed by atoms with Crippen molar-refractivity contribution in [2.24, 2.45) is 34.5 Å². The molecule has 1 aromatic rings. The van der Waals surface area contributed by atoms with E-state index >= 15 is 0 Å². The Morgan fingerprint density at radius 1 is 1.09 bits per heavy atom. The van der Waals surface area contributed by atoms with E-state index < -0.39 is 12.3 Å². The van der Waals surface area contributed by atoms with Gasteiger partial charge in [-0.3, -0.25) is 4.98 Å². The lowest BCUT2D eigenvalue weighted by Crippen LogP contribution is -2.50. The van der Waals surface area contributed by atoms with Crippen LogP contribution in [0.15, 0.2) is 42.3 Å². The lowest BCUT2D eigenvalue weighted by atomic mass is 9.47. The third-order valence-corrected chi connectivity index (χ3v) is 10.2. The van der Waals surface area contributed by atoms with E-state index in [0.29, 0.717) is 11.8 Å². The van der Waals surface area contributed by atoms with E-state index in [1.807, 2.05) is 12.4 Å². The van der Waals surface area contributed by atoms with Gasteiger partial charge in [0.25, 0.3) is 0 Å². The molecule has 5 aliphatic rings. The molecular formula is C29H37NO5. The van der Waals surface area contributed by atoms with Crippen LogP contribution in [-0.2, 0) is 14.2 Å². The molecule has 1 aromatic heterocycles. The van der Waals surface area contributed by atoms with Gasteiger partial charge in [-0.2, -0.15) is 0 Å². The Morgan fingerprint density at radius 3 is 2.63 bits per heavy atom. The number of nitrogens with zero attached hydrogens (tertiary/aromatic N) is 1. The summed E-state index contributed by atoms with van der Waals surface area (Å²) in [6, 6.07) is 4.29. The third-order valence-electron chi connectivity index (χ3n) is 10.2. The van der Waals surface area contributed by atoms with E-state index in [2.05, 4.69) is 43.1 Å². The molecule has 2 saturated carbocycles. The molecule has 4 aliphatic carbocycles. The Kier molecular flexibility index (Phi) is 5.80.